The molecule has 1 aliphatic heterocycles. The lowest BCUT2D eigenvalue weighted by Crippen LogP contribution is -2.16. The number of carbonyl (C=O) groups excluding carboxylic acids is 1. The second-order valence-electron chi connectivity index (χ2n) is 3.53. The predicted molar refractivity (Wildman–Crippen MR) is 50.4 cm³/mol. The van der Waals surface area contributed by atoms with Crippen LogP contribution in [0.2, 0.25) is 0 Å². The molecule has 1 aromatic rings. The molecule has 0 amide bonds. The summed E-state index contributed by atoms with van der Waals surface area (Å²) in [5, 5.41) is 9.38. The summed E-state index contributed by atoms with van der Waals surface area (Å²) < 4.78 is 4.66. The van der Waals surface area contributed by atoms with Gasteiger partial charge in [-0.25, -0.2) is 0 Å². The van der Waals surface area contributed by atoms with Gasteiger partial charge in [-0.1, -0.05) is 30.3 Å². The lowest BCUT2D eigenvalue weighted by Gasteiger charge is -2.10. The van der Waals surface area contributed by atoms with E-state index in [1.54, 1.807) is 0 Å². The van der Waals surface area contributed by atoms with Crippen LogP contribution in [0.15, 0.2) is 30.3 Å². The van der Waals surface area contributed by atoms with E-state index in [2.05, 4.69) is 4.74 Å². The summed E-state index contributed by atoms with van der Waals surface area (Å²) in [7, 11) is 0. The maximum absolute atomic E-state index is 10.9. The van der Waals surface area contributed by atoms with Crippen molar-refractivity contribution in [2.45, 2.75) is 19.1 Å². The van der Waals surface area contributed by atoms with E-state index >= 15 is 0 Å². The van der Waals surface area contributed by atoms with Crippen molar-refractivity contribution in [1.29, 1.82) is 0 Å². The highest BCUT2D eigenvalue weighted by Gasteiger charge is 2.32. The van der Waals surface area contributed by atoms with Crippen molar-refractivity contribution < 1.29 is 14.6 Å². The lowest BCUT2D eigenvalue weighted by atomic mass is 9.97. The Bertz CT molecular complexity index is 321. The Hall–Kier alpha value is -1.35. The Morgan fingerprint density at radius 3 is 2.64 bits per heavy atom. The molecular formula is C11H12O3. The molecule has 1 fully saturated rings. The first-order chi connectivity index (χ1) is 6.75. The number of aliphatic hydroxyl groups is 1. The van der Waals surface area contributed by atoms with Crippen LogP contribution in [0.3, 0.4) is 0 Å². The SMILES string of the molecule is O=C1CC(Cc2ccccc2)[C@H](O)O1. The summed E-state index contributed by atoms with van der Waals surface area (Å²) in [5.41, 5.74) is 1.12. The third kappa shape index (κ3) is 1.93. The molecule has 1 saturated heterocycles. The van der Waals surface area contributed by atoms with Gasteiger partial charge in [0.15, 0.2) is 0 Å². The number of hydrogen-bond acceptors (Lipinski definition) is 3. The van der Waals surface area contributed by atoms with Gasteiger partial charge < -0.3 is 9.84 Å². The molecule has 1 heterocycles. The molecule has 0 aromatic heterocycles. The van der Waals surface area contributed by atoms with E-state index in [1.165, 1.54) is 0 Å². The smallest absolute Gasteiger partial charge is 0.308 e. The number of cyclic esters (lactones) is 1. The minimum atomic E-state index is -0.928. The monoisotopic (exact) mass is 192 g/mol. The van der Waals surface area contributed by atoms with Gasteiger partial charge >= 0.3 is 5.97 Å². The van der Waals surface area contributed by atoms with Gasteiger partial charge in [-0.3, -0.25) is 4.79 Å². The van der Waals surface area contributed by atoms with Gasteiger partial charge in [-0.05, 0) is 12.0 Å². The van der Waals surface area contributed by atoms with Crippen molar-refractivity contribution >= 4 is 5.97 Å². The Balaban J connectivity index is 2.02. The molecule has 0 bridgehead atoms. The first kappa shape index (κ1) is 9.21. The van der Waals surface area contributed by atoms with Crippen LogP contribution in [0.25, 0.3) is 0 Å². The second-order valence-corrected chi connectivity index (χ2v) is 3.53. The zero-order valence-corrected chi connectivity index (χ0v) is 7.72. The van der Waals surface area contributed by atoms with E-state index in [-0.39, 0.29) is 11.9 Å². The van der Waals surface area contributed by atoms with Gasteiger partial charge in [0.1, 0.15) is 0 Å². The predicted octanol–water partition coefficient (Wildman–Crippen LogP) is 1.11. The summed E-state index contributed by atoms with van der Waals surface area (Å²) in [6.07, 6.45) is 0.0757. The average molecular weight is 192 g/mol. The van der Waals surface area contributed by atoms with Gasteiger partial charge in [0.2, 0.25) is 6.29 Å². The average Bonchev–Trinajstić information content (AvgIpc) is 2.47. The Morgan fingerprint density at radius 1 is 1.36 bits per heavy atom. The summed E-state index contributed by atoms with van der Waals surface area (Å²) in [5.74, 6) is -0.400. The minimum absolute atomic E-state index is 0.0927. The molecule has 2 rings (SSSR count). The van der Waals surface area contributed by atoms with Crippen molar-refractivity contribution in [3.05, 3.63) is 35.9 Å². The van der Waals surface area contributed by atoms with Gasteiger partial charge in [0.05, 0.1) is 6.42 Å². The number of carbonyl (C=O) groups is 1. The molecular weight excluding hydrogens is 180 g/mol. The first-order valence-electron chi connectivity index (χ1n) is 4.67. The largest absolute Gasteiger partial charge is 0.436 e. The van der Waals surface area contributed by atoms with E-state index < -0.39 is 6.29 Å². The molecule has 3 nitrogen and oxygen atoms in total. The fourth-order valence-corrected chi connectivity index (χ4v) is 1.68. The highest BCUT2D eigenvalue weighted by atomic mass is 16.6. The molecule has 74 valence electrons. The van der Waals surface area contributed by atoms with Crippen molar-refractivity contribution in [1.82, 2.24) is 0 Å². The number of benzene rings is 1. The number of hydrogen-bond donors (Lipinski definition) is 1. The standard InChI is InChI=1S/C11H12O3/c12-10-7-9(11(13)14-10)6-8-4-2-1-3-5-8/h1-5,9,11,13H,6-7H2/t9?,11-/m1/s1. The van der Waals surface area contributed by atoms with Crippen LogP contribution in [0, 0.1) is 5.92 Å². The van der Waals surface area contributed by atoms with Crippen LogP contribution in [0.4, 0.5) is 0 Å². The molecule has 0 radical (unpaired) electrons. The van der Waals surface area contributed by atoms with Crippen molar-refractivity contribution in [2.75, 3.05) is 0 Å². The van der Waals surface area contributed by atoms with E-state index in [0.29, 0.717) is 12.8 Å². The highest BCUT2D eigenvalue weighted by molar-refractivity contribution is 5.71. The molecule has 0 saturated carbocycles. The zero-order valence-electron chi connectivity index (χ0n) is 7.72. The summed E-state index contributed by atoms with van der Waals surface area (Å²) in [4.78, 5) is 10.9. The molecule has 1 unspecified atom stereocenters. The fraction of sp³-hybridized carbons (Fsp3) is 0.364. The number of esters is 1. The second kappa shape index (κ2) is 3.80. The van der Waals surface area contributed by atoms with E-state index in [0.717, 1.165) is 5.56 Å². The maximum atomic E-state index is 10.9. The molecule has 14 heavy (non-hydrogen) atoms. The lowest BCUT2D eigenvalue weighted by molar-refractivity contribution is -0.155. The third-order valence-electron chi connectivity index (χ3n) is 2.43. The van der Waals surface area contributed by atoms with Gasteiger partial charge in [-0.15, -0.1) is 0 Å². The third-order valence-corrected chi connectivity index (χ3v) is 2.43. The Morgan fingerprint density at radius 2 is 2.07 bits per heavy atom. The van der Waals surface area contributed by atoms with Crippen LogP contribution in [0.1, 0.15) is 12.0 Å². The topological polar surface area (TPSA) is 46.5 Å². The minimum Gasteiger partial charge on any atom is -0.436 e. The van der Waals surface area contributed by atoms with E-state index in [4.69, 9.17) is 0 Å². The zero-order chi connectivity index (χ0) is 9.97. The van der Waals surface area contributed by atoms with E-state index in [9.17, 15) is 9.90 Å². The number of ether oxygens (including phenoxy) is 1. The van der Waals surface area contributed by atoms with Crippen LogP contribution in [0.5, 0.6) is 0 Å². The molecule has 1 N–H and O–H groups in total. The number of rotatable bonds is 2. The van der Waals surface area contributed by atoms with Gasteiger partial charge in [-0.2, -0.15) is 0 Å². The Labute approximate surface area is 82.3 Å². The molecule has 0 spiro atoms. The molecule has 3 heteroatoms. The van der Waals surface area contributed by atoms with Gasteiger partial charge in [0, 0.05) is 5.92 Å². The summed E-state index contributed by atoms with van der Waals surface area (Å²) in [6.45, 7) is 0. The molecule has 2 atom stereocenters. The van der Waals surface area contributed by atoms with Crippen molar-refractivity contribution in [3.63, 3.8) is 0 Å². The maximum Gasteiger partial charge on any atom is 0.308 e. The fourth-order valence-electron chi connectivity index (χ4n) is 1.68. The Kier molecular flexibility index (Phi) is 2.50. The van der Waals surface area contributed by atoms with Crippen LogP contribution in [-0.2, 0) is 16.0 Å². The summed E-state index contributed by atoms with van der Waals surface area (Å²) in [6, 6.07) is 9.79. The molecule has 1 aromatic carbocycles. The van der Waals surface area contributed by atoms with Crippen LogP contribution < -0.4 is 0 Å². The summed E-state index contributed by atoms with van der Waals surface area (Å²) >= 11 is 0. The quantitative estimate of drug-likeness (QED) is 0.714. The molecule has 1 aliphatic rings. The van der Waals surface area contributed by atoms with Crippen molar-refractivity contribution in [3.8, 4) is 0 Å². The van der Waals surface area contributed by atoms with E-state index in [1.807, 2.05) is 30.3 Å². The first-order valence-corrected chi connectivity index (χ1v) is 4.67. The number of aliphatic hydroxyl groups excluding tert-OH is 1. The normalized spacial score (nSPS) is 26.2. The van der Waals surface area contributed by atoms with Crippen molar-refractivity contribution in [2.24, 2.45) is 5.92 Å². The van der Waals surface area contributed by atoms with Crippen LogP contribution >= 0.6 is 0 Å². The molecule has 0 aliphatic carbocycles. The van der Waals surface area contributed by atoms with Gasteiger partial charge in [0.25, 0.3) is 0 Å². The van der Waals surface area contributed by atoms with Crippen LogP contribution in [-0.4, -0.2) is 17.4 Å². The highest BCUT2D eigenvalue weighted by Crippen LogP contribution is 2.23.